The van der Waals surface area contributed by atoms with Crippen molar-refractivity contribution >= 4 is 57.3 Å². The number of hydrogen-bond acceptors (Lipinski definition) is 8. The Kier molecular flexibility index (Phi) is 7.49. The molecule has 7 nitrogen and oxygen atoms in total. The molecule has 1 amide bonds. The fourth-order valence-electron chi connectivity index (χ4n) is 4.12. The first-order valence-corrected chi connectivity index (χ1v) is 12.3. The van der Waals surface area contributed by atoms with Crippen molar-refractivity contribution in [3.8, 4) is 10.6 Å². The fraction of sp³-hybridized carbons (Fsp3) is 0.571. The number of likely N-dealkylation sites (tertiary alicyclic amines) is 1. The largest absolute Gasteiger partial charge is 0.444 e. The topological polar surface area (TPSA) is 74.8 Å². The number of nitrogens with zero attached hydrogens (tertiary/aromatic N) is 3. The van der Waals surface area contributed by atoms with Crippen molar-refractivity contribution in [3.63, 3.8) is 0 Å². The predicted molar refractivity (Wildman–Crippen MR) is 129 cm³/mol. The Balaban J connectivity index is 0.00000132. The van der Waals surface area contributed by atoms with Crippen LogP contribution in [0.5, 0.6) is 0 Å². The molecule has 2 aromatic heterocycles. The summed E-state index contributed by atoms with van der Waals surface area (Å²) in [5.74, 6) is 0.455. The zero-order valence-corrected chi connectivity index (χ0v) is 20.7. The molecule has 0 aromatic carbocycles. The summed E-state index contributed by atoms with van der Waals surface area (Å²) < 4.78 is 5.68. The van der Waals surface area contributed by atoms with Crippen LogP contribution in [0.25, 0.3) is 10.6 Å². The van der Waals surface area contributed by atoms with Crippen LogP contribution in [0.3, 0.4) is 0 Å². The number of aromatic nitrogens is 1. The van der Waals surface area contributed by atoms with E-state index in [9.17, 15) is 4.79 Å². The second kappa shape index (κ2) is 9.75. The number of carbonyl (C=O) groups excluding carboxylic acids is 2. The number of nitrogens with one attached hydrogen (secondary N) is 1. The molecule has 2 aromatic rings. The third-order valence-corrected chi connectivity index (χ3v) is 7.74. The lowest BCUT2D eigenvalue weighted by Gasteiger charge is -2.37. The average molecular weight is 485 g/mol. The summed E-state index contributed by atoms with van der Waals surface area (Å²) in [7, 11) is 1.89. The Bertz CT molecular complexity index is 911. The minimum atomic E-state index is -0.479. The van der Waals surface area contributed by atoms with Crippen molar-refractivity contribution < 1.29 is 14.3 Å². The summed E-state index contributed by atoms with van der Waals surface area (Å²) >= 11 is 9.44. The summed E-state index contributed by atoms with van der Waals surface area (Å²) in [5, 5.41) is 7.88. The molecule has 31 heavy (non-hydrogen) atoms. The normalized spacial score (nSPS) is 20.7. The number of carbonyl (C=O) groups is 2. The van der Waals surface area contributed by atoms with Crippen molar-refractivity contribution in [1.29, 1.82) is 0 Å². The number of rotatable bonds is 3. The van der Waals surface area contributed by atoms with Gasteiger partial charge in [0, 0.05) is 32.1 Å². The number of hydrogen-bond donors (Lipinski definition) is 1. The zero-order chi connectivity index (χ0) is 22.8. The zero-order valence-electron chi connectivity index (χ0n) is 18.3. The number of thiophene rings is 1. The highest BCUT2D eigenvalue weighted by Crippen LogP contribution is 2.44. The third kappa shape index (κ3) is 5.32. The van der Waals surface area contributed by atoms with E-state index in [0.29, 0.717) is 5.92 Å². The molecule has 2 saturated heterocycles. The summed E-state index contributed by atoms with van der Waals surface area (Å²) in [5.41, 5.74) is 0.492. The molecule has 2 aliphatic rings. The van der Waals surface area contributed by atoms with E-state index < -0.39 is 5.60 Å². The van der Waals surface area contributed by atoms with Gasteiger partial charge in [-0.2, -0.15) is 0 Å². The van der Waals surface area contributed by atoms with Crippen molar-refractivity contribution in [2.75, 3.05) is 36.9 Å². The Morgan fingerprint density at radius 1 is 1.35 bits per heavy atom. The van der Waals surface area contributed by atoms with Gasteiger partial charge in [0.1, 0.15) is 23.1 Å². The molecule has 2 fully saturated rings. The predicted octanol–water partition coefficient (Wildman–Crippen LogP) is 5.22. The van der Waals surface area contributed by atoms with Crippen molar-refractivity contribution in [1.82, 2.24) is 9.88 Å². The third-order valence-electron chi connectivity index (χ3n) is 5.32. The Labute approximate surface area is 196 Å². The molecule has 0 saturated carbocycles. The lowest BCUT2D eigenvalue weighted by molar-refractivity contribution is -0.0980. The molecule has 170 valence electrons. The summed E-state index contributed by atoms with van der Waals surface area (Å²) in [6.07, 6.45) is 1.96. The van der Waals surface area contributed by atoms with Gasteiger partial charge in [-0.05, 0) is 45.6 Å². The number of amides is 1. The van der Waals surface area contributed by atoms with Crippen LogP contribution in [0.15, 0.2) is 11.4 Å². The van der Waals surface area contributed by atoms with Gasteiger partial charge in [-0.15, -0.1) is 11.3 Å². The van der Waals surface area contributed by atoms with Crippen molar-refractivity contribution in [2.45, 2.75) is 45.3 Å². The van der Waals surface area contributed by atoms with Crippen LogP contribution in [0.1, 0.15) is 33.6 Å². The highest BCUT2D eigenvalue weighted by Gasteiger charge is 2.43. The van der Waals surface area contributed by atoms with Gasteiger partial charge in [-0.3, -0.25) is 0 Å². The van der Waals surface area contributed by atoms with E-state index >= 15 is 0 Å². The SMILES string of the molecule is C=O.CNc1nc(-c2cc(Cl)cs2)c(N2CC3CCCN(C(=O)OC(C)(C)C)C3C2)s1. The van der Waals surface area contributed by atoms with Crippen LogP contribution in [0, 0.1) is 5.92 Å². The highest BCUT2D eigenvalue weighted by molar-refractivity contribution is 7.21. The lowest BCUT2D eigenvalue weighted by Crippen LogP contribution is -2.50. The smallest absolute Gasteiger partial charge is 0.410 e. The molecular formula is C21H29ClN4O3S2. The number of halogens is 1. The van der Waals surface area contributed by atoms with Gasteiger partial charge in [-0.25, -0.2) is 9.78 Å². The molecule has 10 heteroatoms. The average Bonchev–Trinajstić information content (AvgIpc) is 3.44. The van der Waals surface area contributed by atoms with Crippen LogP contribution in [-0.2, 0) is 9.53 Å². The lowest BCUT2D eigenvalue weighted by atomic mass is 9.92. The molecule has 0 radical (unpaired) electrons. The molecule has 1 N–H and O–H groups in total. The van der Waals surface area contributed by atoms with E-state index in [1.807, 2.05) is 51.0 Å². The molecule has 2 atom stereocenters. The van der Waals surface area contributed by atoms with Crippen LogP contribution in [0.2, 0.25) is 5.02 Å². The van der Waals surface area contributed by atoms with Crippen LogP contribution < -0.4 is 10.2 Å². The minimum absolute atomic E-state index is 0.179. The second-order valence-electron chi connectivity index (χ2n) is 8.60. The molecule has 2 unspecified atom stereocenters. The van der Waals surface area contributed by atoms with Gasteiger partial charge in [0.15, 0.2) is 5.13 Å². The van der Waals surface area contributed by atoms with E-state index in [1.54, 1.807) is 22.7 Å². The van der Waals surface area contributed by atoms with Gasteiger partial charge in [-0.1, -0.05) is 22.9 Å². The van der Waals surface area contributed by atoms with Gasteiger partial charge in [0.25, 0.3) is 0 Å². The van der Waals surface area contributed by atoms with E-state index in [0.717, 1.165) is 58.2 Å². The Morgan fingerprint density at radius 2 is 2.10 bits per heavy atom. The second-order valence-corrected chi connectivity index (χ2v) is 10.9. The van der Waals surface area contributed by atoms with Crippen LogP contribution in [0.4, 0.5) is 14.9 Å². The van der Waals surface area contributed by atoms with Crippen LogP contribution in [-0.4, -0.2) is 61.1 Å². The summed E-state index contributed by atoms with van der Waals surface area (Å²) in [4.78, 5) is 31.0. The summed E-state index contributed by atoms with van der Waals surface area (Å²) in [6.45, 7) is 10.3. The first-order valence-electron chi connectivity index (χ1n) is 10.2. The number of ether oxygens (including phenoxy) is 1. The van der Waals surface area contributed by atoms with Crippen molar-refractivity contribution in [2.24, 2.45) is 5.92 Å². The maximum Gasteiger partial charge on any atom is 0.410 e. The number of piperidine rings is 1. The first-order chi connectivity index (χ1) is 14.7. The van der Waals surface area contributed by atoms with E-state index in [-0.39, 0.29) is 12.1 Å². The molecule has 0 bridgehead atoms. The number of thiazole rings is 1. The summed E-state index contributed by atoms with van der Waals surface area (Å²) in [6, 6.07) is 2.15. The minimum Gasteiger partial charge on any atom is -0.444 e. The molecule has 4 rings (SSSR count). The monoisotopic (exact) mass is 484 g/mol. The Morgan fingerprint density at radius 3 is 2.71 bits per heavy atom. The highest BCUT2D eigenvalue weighted by atomic mass is 35.5. The van der Waals surface area contributed by atoms with Crippen LogP contribution >= 0.6 is 34.3 Å². The first kappa shape index (κ1) is 23.8. The van der Waals surface area contributed by atoms with E-state index in [1.165, 1.54) is 0 Å². The maximum absolute atomic E-state index is 12.8. The van der Waals surface area contributed by atoms with E-state index in [4.69, 9.17) is 26.1 Å². The quantitative estimate of drug-likeness (QED) is 0.643. The van der Waals surface area contributed by atoms with Gasteiger partial charge in [0.05, 0.1) is 15.9 Å². The standard InChI is InChI=1S/C20H27ClN4O2S2.CH2O/c1-20(2,3)27-19(26)25-7-5-6-12-9-24(10-14(12)25)17-16(23-18(22-4)29-17)15-8-13(21)11-28-15;1-2/h8,11-12,14H,5-7,9-10H2,1-4H3,(H,22,23);1H2. The molecular weight excluding hydrogens is 456 g/mol. The number of fused-ring (bicyclic) bond motifs is 1. The van der Waals surface area contributed by atoms with Crippen molar-refractivity contribution in [3.05, 3.63) is 16.5 Å². The van der Waals surface area contributed by atoms with Gasteiger partial charge in [0.2, 0.25) is 0 Å². The van der Waals surface area contributed by atoms with Gasteiger partial charge >= 0.3 is 6.09 Å². The van der Waals surface area contributed by atoms with E-state index in [2.05, 4.69) is 10.2 Å². The molecule has 4 heterocycles. The fourth-order valence-corrected chi connectivity index (χ4v) is 6.21. The Hall–Kier alpha value is -1.84. The molecule has 2 aliphatic heterocycles. The molecule has 0 spiro atoms. The van der Waals surface area contributed by atoms with Gasteiger partial charge < -0.3 is 24.6 Å². The molecule has 0 aliphatic carbocycles. The number of anilines is 2. The maximum atomic E-state index is 12.8.